The molecule has 102 valence electrons. The van der Waals surface area contributed by atoms with Crippen LogP contribution in [0.4, 0.5) is 11.4 Å². The summed E-state index contributed by atoms with van der Waals surface area (Å²) in [5.74, 6) is 0.233. The van der Waals surface area contributed by atoms with Crippen molar-refractivity contribution in [2.75, 3.05) is 29.9 Å². The topological polar surface area (TPSA) is 41.6 Å². The second-order valence-corrected chi connectivity index (χ2v) is 5.22. The van der Waals surface area contributed by atoms with Gasteiger partial charge in [0.2, 0.25) is 5.91 Å². The lowest BCUT2D eigenvalue weighted by Crippen LogP contribution is -2.24. The molecule has 0 spiro atoms. The summed E-state index contributed by atoms with van der Waals surface area (Å²) in [5.41, 5.74) is 2.06. The van der Waals surface area contributed by atoms with Crippen LogP contribution in [0.25, 0.3) is 0 Å². The van der Waals surface area contributed by atoms with E-state index in [4.69, 9.17) is 4.74 Å². The van der Waals surface area contributed by atoms with Gasteiger partial charge in [-0.2, -0.15) is 0 Å². The molecule has 2 aliphatic rings. The molecule has 3 rings (SSSR count). The first-order valence-corrected chi connectivity index (χ1v) is 7.09. The van der Waals surface area contributed by atoms with E-state index in [2.05, 4.69) is 11.4 Å². The lowest BCUT2D eigenvalue weighted by atomic mass is 10.2. The molecule has 4 nitrogen and oxygen atoms in total. The highest BCUT2D eigenvalue weighted by atomic mass is 16.5. The van der Waals surface area contributed by atoms with Crippen molar-refractivity contribution in [1.29, 1.82) is 0 Å². The van der Waals surface area contributed by atoms with E-state index in [-0.39, 0.29) is 5.91 Å². The number of ether oxygens (including phenoxy) is 1. The first kappa shape index (κ1) is 12.5. The standard InChI is InChI=1S/C15H20N2O2/c18-15-7-2-8-17(15)13-5-1-4-12(10-13)16-11-14-6-3-9-19-14/h1,4-5,10,14,16H,2-3,6-9,11H2. The molecule has 2 saturated heterocycles. The highest BCUT2D eigenvalue weighted by molar-refractivity contribution is 5.95. The van der Waals surface area contributed by atoms with E-state index in [1.165, 1.54) is 0 Å². The Morgan fingerprint density at radius 1 is 1.37 bits per heavy atom. The first-order valence-electron chi connectivity index (χ1n) is 7.09. The van der Waals surface area contributed by atoms with Crippen LogP contribution >= 0.6 is 0 Å². The molecule has 0 bridgehead atoms. The Hall–Kier alpha value is -1.55. The predicted octanol–water partition coefficient (Wildman–Crippen LogP) is 2.40. The maximum Gasteiger partial charge on any atom is 0.227 e. The summed E-state index contributed by atoms with van der Waals surface area (Å²) in [6.07, 6.45) is 4.27. The van der Waals surface area contributed by atoms with Crippen LogP contribution in [0.2, 0.25) is 0 Å². The number of anilines is 2. The summed E-state index contributed by atoms with van der Waals surface area (Å²) in [5, 5.41) is 3.40. The number of nitrogens with one attached hydrogen (secondary N) is 1. The minimum absolute atomic E-state index is 0.233. The van der Waals surface area contributed by atoms with Gasteiger partial charge in [0.05, 0.1) is 6.10 Å². The monoisotopic (exact) mass is 260 g/mol. The largest absolute Gasteiger partial charge is 0.382 e. The number of carbonyl (C=O) groups is 1. The molecule has 19 heavy (non-hydrogen) atoms. The Morgan fingerprint density at radius 3 is 3.05 bits per heavy atom. The third-order valence-corrected chi connectivity index (χ3v) is 3.79. The number of nitrogens with zero attached hydrogens (tertiary/aromatic N) is 1. The smallest absolute Gasteiger partial charge is 0.227 e. The van der Waals surface area contributed by atoms with E-state index < -0.39 is 0 Å². The zero-order chi connectivity index (χ0) is 13.1. The average Bonchev–Trinajstić information content (AvgIpc) is 3.08. The van der Waals surface area contributed by atoms with Gasteiger partial charge in [0.15, 0.2) is 0 Å². The van der Waals surface area contributed by atoms with Crippen molar-refractivity contribution in [3.05, 3.63) is 24.3 Å². The molecule has 4 heteroatoms. The molecule has 1 unspecified atom stereocenters. The van der Waals surface area contributed by atoms with E-state index in [1.54, 1.807) is 0 Å². The van der Waals surface area contributed by atoms with E-state index in [0.29, 0.717) is 12.5 Å². The van der Waals surface area contributed by atoms with Gasteiger partial charge in [-0.05, 0) is 37.5 Å². The van der Waals surface area contributed by atoms with Crippen molar-refractivity contribution in [2.24, 2.45) is 0 Å². The molecule has 2 heterocycles. The molecule has 1 amide bonds. The molecular weight excluding hydrogens is 240 g/mol. The van der Waals surface area contributed by atoms with E-state index >= 15 is 0 Å². The molecule has 1 aromatic carbocycles. The van der Waals surface area contributed by atoms with Crippen molar-refractivity contribution in [3.8, 4) is 0 Å². The van der Waals surface area contributed by atoms with Crippen molar-refractivity contribution in [1.82, 2.24) is 0 Å². The quantitative estimate of drug-likeness (QED) is 0.904. The van der Waals surface area contributed by atoms with E-state index in [9.17, 15) is 4.79 Å². The van der Waals surface area contributed by atoms with Gasteiger partial charge >= 0.3 is 0 Å². The van der Waals surface area contributed by atoms with Crippen molar-refractivity contribution < 1.29 is 9.53 Å². The zero-order valence-electron chi connectivity index (χ0n) is 11.1. The number of hydrogen-bond acceptors (Lipinski definition) is 3. The predicted molar refractivity (Wildman–Crippen MR) is 75.5 cm³/mol. The molecule has 1 aromatic rings. The van der Waals surface area contributed by atoms with Crippen LogP contribution < -0.4 is 10.2 Å². The fourth-order valence-corrected chi connectivity index (χ4v) is 2.74. The van der Waals surface area contributed by atoms with Crippen LogP contribution in [-0.2, 0) is 9.53 Å². The number of rotatable bonds is 4. The molecule has 2 aliphatic heterocycles. The van der Waals surface area contributed by atoms with Crippen LogP contribution in [0.5, 0.6) is 0 Å². The summed E-state index contributed by atoms with van der Waals surface area (Å²) < 4.78 is 5.59. The van der Waals surface area contributed by atoms with Crippen molar-refractivity contribution in [3.63, 3.8) is 0 Å². The Morgan fingerprint density at radius 2 is 2.32 bits per heavy atom. The lowest BCUT2D eigenvalue weighted by molar-refractivity contribution is -0.117. The van der Waals surface area contributed by atoms with Crippen LogP contribution in [0.3, 0.4) is 0 Å². The molecule has 0 radical (unpaired) electrons. The Kier molecular flexibility index (Phi) is 3.69. The lowest BCUT2D eigenvalue weighted by Gasteiger charge is -2.18. The number of benzene rings is 1. The Balaban J connectivity index is 1.63. The van der Waals surface area contributed by atoms with Crippen LogP contribution in [0.15, 0.2) is 24.3 Å². The van der Waals surface area contributed by atoms with Crippen LogP contribution in [0, 0.1) is 0 Å². The summed E-state index contributed by atoms with van der Waals surface area (Å²) in [7, 11) is 0. The highest BCUT2D eigenvalue weighted by Gasteiger charge is 2.21. The molecule has 0 aromatic heterocycles. The molecule has 1 N–H and O–H groups in total. The molecule has 0 aliphatic carbocycles. The van der Waals surface area contributed by atoms with Gasteiger partial charge in [-0.1, -0.05) is 6.07 Å². The number of hydrogen-bond donors (Lipinski definition) is 1. The Bertz CT molecular complexity index is 455. The summed E-state index contributed by atoms with van der Waals surface area (Å²) in [6, 6.07) is 8.09. The zero-order valence-corrected chi connectivity index (χ0v) is 11.1. The minimum atomic E-state index is 0.233. The van der Waals surface area contributed by atoms with E-state index in [1.807, 2.05) is 23.1 Å². The minimum Gasteiger partial charge on any atom is -0.382 e. The van der Waals surface area contributed by atoms with Gasteiger partial charge in [-0.25, -0.2) is 0 Å². The first-order chi connectivity index (χ1) is 9.33. The van der Waals surface area contributed by atoms with Gasteiger partial charge in [0, 0.05) is 37.5 Å². The van der Waals surface area contributed by atoms with Crippen LogP contribution in [0.1, 0.15) is 25.7 Å². The highest BCUT2D eigenvalue weighted by Crippen LogP contribution is 2.24. The van der Waals surface area contributed by atoms with Gasteiger partial charge in [-0.3, -0.25) is 4.79 Å². The van der Waals surface area contributed by atoms with Gasteiger partial charge < -0.3 is 15.0 Å². The van der Waals surface area contributed by atoms with Gasteiger partial charge in [-0.15, -0.1) is 0 Å². The molecule has 0 saturated carbocycles. The summed E-state index contributed by atoms with van der Waals surface area (Å²) >= 11 is 0. The van der Waals surface area contributed by atoms with Gasteiger partial charge in [0.1, 0.15) is 0 Å². The number of carbonyl (C=O) groups excluding carboxylic acids is 1. The van der Waals surface area contributed by atoms with Crippen LogP contribution in [-0.4, -0.2) is 31.7 Å². The second-order valence-electron chi connectivity index (χ2n) is 5.22. The van der Waals surface area contributed by atoms with Crippen molar-refractivity contribution >= 4 is 17.3 Å². The van der Waals surface area contributed by atoms with Gasteiger partial charge in [0.25, 0.3) is 0 Å². The molecule has 2 fully saturated rings. The van der Waals surface area contributed by atoms with E-state index in [0.717, 1.165) is 50.3 Å². The van der Waals surface area contributed by atoms with Crippen molar-refractivity contribution in [2.45, 2.75) is 31.8 Å². The number of amides is 1. The maximum atomic E-state index is 11.7. The second kappa shape index (κ2) is 5.61. The SMILES string of the molecule is O=C1CCCN1c1cccc(NCC2CCCO2)c1. The molecule has 1 atom stereocenters. The third-order valence-electron chi connectivity index (χ3n) is 3.79. The average molecular weight is 260 g/mol. The third kappa shape index (κ3) is 2.89. The fourth-order valence-electron chi connectivity index (χ4n) is 2.74. The molecular formula is C15H20N2O2. The summed E-state index contributed by atoms with van der Waals surface area (Å²) in [6.45, 7) is 2.57. The Labute approximate surface area is 113 Å². The fraction of sp³-hybridized carbons (Fsp3) is 0.533. The normalized spacial score (nSPS) is 23.1. The summed E-state index contributed by atoms with van der Waals surface area (Å²) in [4.78, 5) is 13.6. The maximum absolute atomic E-state index is 11.7.